The molecule has 0 bridgehead atoms. The Bertz CT molecular complexity index is 410. The zero-order valence-electron chi connectivity index (χ0n) is 12.1. The SMILES string of the molecule is COc1cccc(N2CC(C)(C)NC(C)(C)C2)c1. The van der Waals surface area contributed by atoms with Crippen molar-refractivity contribution in [1.29, 1.82) is 0 Å². The van der Waals surface area contributed by atoms with Crippen molar-refractivity contribution in [2.45, 2.75) is 38.8 Å². The fourth-order valence-corrected chi connectivity index (χ4v) is 3.00. The summed E-state index contributed by atoms with van der Waals surface area (Å²) in [6, 6.07) is 8.30. The van der Waals surface area contributed by atoms with Gasteiger partial charge in [-0.1, -0.05) is 6.07 Å². The Balaban J connectivity index is 2.26. The number of anilines is 1. The average Bonchev–Trinajstić information content (AvgIpc) is 2.25. The fraction of sp³-hybridized carbons (Fsp3) is 0.600. The first kappa shape index (κ1) is 13.2. The molecule has 0 spiro atoms. The summed E-state index contributed by atoms with van der Waals surface area (Å²) in [6.07, 6.45) is 0. The Morgan fingerprint density at radius 1 is 1.11 bits per heavy atom. The van der Waals surface area contributed by atoms with Gasteiger partial charge in [0, 0.05) is 35.9 Å². The molecule has 3 nitrogen and oxygen atoms in total. The van der Waals surface area contributed by atoms with Crippen LogP contribution in [0.3, 0.4) is 0 Å². The largest absolute Gasteiger partial charge is 0.497 e. The molecule has 0 amide bonds. The van der Waals surface area contributed by atoms with E-state index in [4.69, 9.17) is 4.74 Å². The minimum atomic E-state index is 0.116. The van der Waals surface area contributed by atoms with Gasteiger partial charge in [-0.25, -0.2) is 0 Å². The topological polar surface area (TPSA) is 24.5 Å². The van der Waals surface area contributed by atoms with E-state index in [-0.39, 0.29) is 11.1 Å². The predicted octanol–water partition coefficient (Wildman–Crippen LogP) is 2.66. The molecule has 1 heterocycles. The molecule has 1 aromatic carbocycles. The van der Waals surface area contributed by atoms with E-state index in [0.29, 0.717) is 0 Å². The number of rotatable bonds is 2. The number of benzene rings is 1. The molecular formula is C15H24N2O. The lowest BCUT2D eigenvalue weighted by Crippen LogP contribution is -2.66. The molecule has 0 radical (unpaired) electrons. The Hall–Kier alpha value is -1.22. The Morgan fingerprint density at radius 2 is 1.72 bits per heavy atom. The third kappa shape index (κ3) is 2.96. The van der Waals surface area contributed by atoms with Crippen LogP contribution in [0.25, 0.3) is 0 Å². The number of piperazine rings is 1. The molecule has 2 rings (SSSR count). The number of hydrogen-bond donors (Lipinski definition) is 1. The number of hydrogen-bond acceptors (Lipinski definition) is 3. The van der Waals surface area contributed by atoms with Crippen LogP contribution in [-0.2, 0) is 0 Å². The van der Waals surface area contributed by atoms with Gasteiger partial charge in [-0.2, -0.15) is 0 Å². The van der Waals surface area contributed by atoms with Crippen molar-refractivity contribution in [3.8, 4) is 5.75 Å². The molecule has 0 aliphatic carbocycles. The maximum absolute atomic E-state index is 5.31. The van der Waals surface area contributed by atoms with Crippen LogP contribution in [0.15, 0.2) is 24.3 Å². The van der Waals surface area contributed by atoms with Crippen molar-refractivity contribution in [3.63, 3.8) is 0 Å². The Morgan fingerprint density at radius 3 is 2.28 bits per heavy atom. The summed E-state index contributed by atoms with van der Waals surface area (Å²) in [5.74, 6) is 0.918. The van der Waals surface area contributed by atoms with Crippen LogP contribution in [0.1, 0.15) is 27.7 Å². The number of nitrogens with zero attached hydrogens (tertiary/aromatic N) is 1. The van der Waals surface area contributed by atoms with Crippen LogP contribution in [0.4, 0.5) is 5.69 Å². The first-order valence-electron chi connectivity index (χ1n) is 6.50. The minimum absolute atomic E-state index is 0.116. The van der Waals surface area contributed by atoms with Crippen molar-refractivity contribution in [2.75, 3.05) is 25.1 Å². The summed E-state index contributed by atoms with van der Waals surface area (Å²) < 4.78 is 5.31. The zero-order valence-corrected chi connectivity index (χ0v) is 12.1. The molecular weight excluding hydrogens is 224 g/mol. The molecule has 1 fully saturated rings. The first-order valence-corrected chi connectivity index (χ1v) is 6.50. The molecule has 0 unspecified atom stereocenters. The second-order valence-corrected chi connectivity index (χ2v) is 6.45. The van der Waals surface area contributed by atoms with Gasteiger partial charge in [0.1, 0.15) is 5.75 Å². The van der Waals surface area contributed by atoms with Crippen molar-refractivity contribution in [1.82, 2.24) is 5.32 Å². The van der Waals surface area contributed by atoms with Gasteiger partial charge in [0.15, 0.2) is 0 Å². The highest BCUT2D eigenvalue weighted by atomic mass is 16.5. The molecule has 18 heavy (non-hydrogen) atoms. The van der Waals surface area contributed by atoms with Crippen LogP contribution in [0, 0.1) is 0 Å². The molecule has 0 saturated carbocycles. The summed E-state index contributed by atoms with van der Waals surface area (Å²) in [7, 11) is 1.71. The average molecular weight is 248 g/mol. The molecule has 3 heteroatoms. The van der Waals surface area contributed by atoms with E-state index >= 15 is 0 Å². The minimum Gasteiger partial charge on any atom is -0.497 e. The van der Waals surface area contributed by atoms with E-state index in [9.17, 15) is 0 Å². The van der Waals surface area contributed by atoms with E-state index < -0.39 is 0 Å². The molecule has 1 aliphatic heterocycles. The molecule has 0 aromatic heterocycles. The highest BCUT2D eigenvalue weighted by molar-refractivity contribution is 5.52. The van der Waals surface area contributed by atoms with E-state index in [1.807, 2.05) is 6.07 Å². The summed E-state index contributed by atoms with van der Waals surface area (Å²) in [4.78, 5) is 2.43. The smallest absolute Gasteiger partial charge is 0.120 e. The molecule has 0 atom stereocenters. The summed E-state index contributed by atoms with van der Waals surface area (Å²) in [5.41, 5.74) is 1.47. The Kier molecular flexibility index (Phi) is 3.28. The van der Waals surface area contributed by atoms with E-state index in [1.54, 1.807) is 7.11 Å². The molecule has 1 aromatic rings. The van der Waals surface area contributed by atoms with Crippen molar-refractivity contribution in [2.24, 2.45) is 0 Å². The van der Waals surface area contributed by atoms with Gasteiger partial charge in [0.25, 0.3) is 0 Å². The summed E-state index contributed by atoms with van der Waals surface area (Å²) in [5, 5.41) is 3.69. The van der Waals surface area contributed by atoms with Gasteiger partial charge < -0.3 is 15.0 Å². The fourth-order valence-electron chi connectivity index (χ4n) is 3.00. The van der Waals surface area contributed by atoms with Crippen LogP contribution in [0.2, 0.25) is 0 Å². The third-order valence-electron chi connectivity index (χ3n) is 3.27. The van der Waals surface area contributed by atoms with Crippen LogP contribution < -0.4 is 15.0 Å². The van der Waals surface area contributed by atoms with Crippen LogP contribution in [-0.4, -0.2) is 31.3 Å². The van der Waals surface area contributed by atoms with Gasteiger partial charge in [-0.15, -0.1) is 0 Å². The standard InChI is InChI=1S/C15H24N2O/c1-14(2)10-17(11-15(3,4)16-14)12-7-6-8-13(9-12)18-5/h6-9,16H,10-11H2,1-5H3. The maximum Gasteiger partial charge on any atom is 0.120 e. The normalized spacial score (nSPS) is 21.7. The van der Waals surface area contributed by atoms with Gasteiger partial charge in [-0.3, -0.25) is 0 Å². The Labute approximate surface area is 110 Å². The van der Waals surface area contributed by atoms with Gasteiger partial charge >= 0.3 is 0 Å². The van der Waals surface area contributed by atoms with Crippen LogP contribution in [0.5, 0.6) is 5.75 Å². The van der Waals surface area contributed by atoms with Crippen molar-refractivity contribution < 1.29 is 4.74 Å². The van der Waals surface area contributed by atoms with E-state index in [0.717, 1.165) is 18.8 Å². The lowest BCUT2D eigenvalue weighted by molar-refractivity contribution is 0.226. The molecule has 1 aliphatic rings. The molecule has 1 saturated heterocycles. The van der Waals surface area contributed by atoms with Gasteiger partial charge in [0.05, 0.1) is 7.11 Å². The number of nitrogens with one attached hydrogen (secondary N) is 1. The lowest BCUT2D eigenvalue weighted by atomic mass is 9.91. The quantitative estimate of drug-likeness (QED) is 0.871. The second kappa shape index (κ2) is 4.47. The van der Waals surface area contributed by atoms with Crippen molar-refractivity contribution in [3.05, 3.63) is 24.3 Å². The molecule has 100 valence electrons. The van der Waals surface area contributed by atoms with Gasteiger partial charge in [-0.05, 0) is 39.8 Å². The number of methoxy groups -OCH3 is 1. The zero-order chi connectivity index (χ0) is 13.4. The first-order chi connectivity index (χ1) is 8.31. The number of ether oxygens (including phenoxy) is 1. The lowest BCUT2D eigenvalue weighted by Gasteiger charge is -2.49. The monoisotopic (exact) mass is 248 g/mol. The predicted molar refractivity (Wildman–Crippen MR) is 76.5 cm³/mol. The van der Waals surface area contributed by atoms with E-state index in [1.165, 1.54) is 5.69 Å². The van der Waals surface area contributed by atoms with Crippen molar-refractivity contribution >= 4 is 5.69 Å². The van der Waals surface area contributed by atoms with Crippen LogP contribution >= 0.6 is 0 Å². The van der Waals surface area contributed by atoms with Gasteiger partial charge in [0.2, 0.25) is 0 Å². The third-order valence-corrected chi connectivity index (χ3v) is 3.27. The summed E-state index contributed by atoms with van der Waals surface area (Å²) >= 11 is 0. The van der Waals surface area contributed by atoms with E-state index in [2.05, 4.69) is 56.1 Å². The summed E-state index contributed by atoms with van der Waals surface area (Å²) in [6.45, 7) is 11.0. The maximum atomic E-state index is 5.31. The second-order valence-electron chi connectivity index (χ2n) is 6.45. The highest BCUT2D eigenvalue weighted by Gasteiger charge is 2.36. The highest BCUT2D eigenvalue weighted by Crippen LogP contribution is 2.28. The molecule has 1 N–H and O–H groups in total.